The summed E-state index contributed by atoms with van der Waals surface area (Å²) >= 11 is 0. The van der Waals surface area contributed by atoms with Crippen LogP contribution in [0.15, 0.2) is 42.6 Å². The van der Waals surface area contributed by atoms with Gasteiger partial charge in [-0.25, -0.2) is 4.98 Å². The number of pyridine rings is 1. The zero-order valence-corrected chi connectivity index (χ0v) is 14.0. The van der Waals surface area contributed by atoms with Gasteiger partial charge >= 0.3 is 0 Å². The van der Waals surface area contributed by atoms with E-state index in [0.29, 0.717) is 24.5 Å². The van der Waals surface area contributed by atoms with E-state index in [2.05, 4.69) is 15.2 Å². The second-order valence-electron chi connectivity index (χ2n) is 5.83. The quantitative estimate of drug-likeness (QED) is 0.887. The first kappa shape index (κ1) is 16.3. The molecular weight excluding hydrogens is 302 g/mol. The number of amides is 1. The molecule has 2 aromatic rings. The summed E-state index contributed by atoms with van der Waals surface area (Å²) in [4.78, 5) is 19.2. The van der Waals surface area contributed by atoms with Crippen LogP contribution < -0.4 is 15.0 Å². The number of hydrogen-bond acceptors (Lipinski definition) is 4. The maximum Gasteiger partial charge on any atom is 0.255 e. The number of carbonyl (C=O) groups excluding carboxylic acids is 1. The summed E-state index contributed by atoms with van der Waals surface area (Å²) in [5.41, 5.74) is 1.54. The van der Waals surface area contributed by atoms with E-state index >= 15 is 0 Å². The first-order chi connectivity index (χ1) is 11.8. The van der Waals surface area contributed by atoms with Crippen LogP contribution >= 0.6 is 0 Å². The standard InChI is InChI=1S/C19H23N3O2/c1-2-24-17-8-4-3-7-16(17)19(23)21-14-15-9-10-18(20-13-15)22-11-5-6-12-22/h3-4,7-10,13H,2,5-6,11-12,14H2,1H3,(H,21,23). The summed E-state index contributed by atoms with van der Waals surface area (Å²) in [5.74, 6) is 1.49. The molecular formula is C19H23N3O2. The molecule has 0 unspecified atom stereocenters. The summed E-state index contributed by atoms with van der Waals surface area (Å²) in [5, 5.41) is 2.93. The molecule has 1 N–H and O–H groups in total. The predicted octanol–water partition coefficient (Wildman–Crippen LogP) is 3.01. The van der Waals surface area contributed by atoms with E-state index in [1.807, 2.05) is 43.5 Å². The van der Waals surface area contributed by atoms with Gasteiger partial charge in [-0.15, -0.1) is 0 Å². The number of nitrogens with zero attached hydrogens (tertiary/aromatic N) is 2. The van der Waals surface area contributed by atoms with Gasteiger partial charge in [0.15, 0.2) is 0 Å². The van der Waals surface area contributed by atoms with E-state index in [9.17, 15) is 4.79 Å². The lowest BCUT2D eigenvalue weighted by molar-refractivity contribution is 0.0947. The molecule has 3 rings (SSSR count). The van der Waals surface area contributed by atoms with Gasteiger partial charge in [0.05, 0.1) is 12.2 Å². The summed E-state index contributed by atoms with van der Waals surface area (Å²) in [6.07, 6.45) is 4.31. The van der Waals surface area contributed by atoms with Crippen molar-refractivity contribution in [2.24, 2.45) is 0 Å². The van der Waals surface area contributed by atoms with Crippen molar-refractivity contribution in [3.05, 3.63) is 53.7 Å². The molecule has 2 heterocycles. The van der Waals surface area contributed by atoms with Gasteiger partial charge in [-0.05, 0) is 43.5 Å². The SMILES string of the molecule is CCOc1ccccc1C(=O)NCc1ccc(N2CCCC2)nc1. The van der Waals surface area contributed by atoms with Gasteiger partial charge in [-0.3, -0.25) is 4.79 Å². The van der Waals surface area contributed by atoms with E-state index in [1.165, 1.54) is 12.8 Å². The number of anilines is 1. The number of nitrogens with one attached hydrogen (secondary N) is 1. The maximum atomic E-state index is 12.4. The Hall–Kier alpha value is -2.56. The van der Waals surface area contributed by atoms with Crippen LogP contribution in [-0.2, 0) is 6.54 Å². The monoisotopic (exact) mass is 325 g/mol. The van der Waals surface area contributed by atoms with E-state index in [-0.39, 0.29) is 5.91 Å². The molecule has 1 aromatic heterocycles. The zero-order valence-electron chi connectivity index (χ0n) is 14.0. The van der Waals surface area contributed by atoms with Crippen molar-refractivity contribution >= 4 is 11.7 Å². The lowest BCUT2D eigenvalue weighted by atomic mass is 10.2. The predicted molar refractivity (Wildman–Crippen MR) is 94.5 cm³/mol. The molecule has 1 amide bonds. The maximum absolute atomic E-state index is 12.4. The first-order valence-corrected chi connectivity index (χ1v) is 8.48. The highest BCUT2D eigenvalue weighted by molar-refractivity contribution is 5.96. The highest BCUT2D eigenvalue weighted by Gasteiger charge is 2.14. The van der Waals surface area contributed by atoms with Crippen molar-refractivity contribution in [1.29, 1.82) is 0 Å². The molecule has 0 bridgehead atoms. The number of ether oxygens (including phenoxy) is 1. The van der Waals surface area contributed by atoms with E-state index in [4.69, 9.17) is 4.74 Å². The number of rotatable bonds is 6. The minimum absolute atomic E-state index is 0.136. The number of carbonyl (C=O) groups is 1. The summed E-state index contributed by atoms with van der Waals surface area (Å²) < 4.78 is 5.50. The molecule has 5 heteroatoms. The minimum atomic E-state index is -0.136. The van der Waals surface area contributed by atoms with Crippen molar-refractivity contribution in [3.8, 4) is 5.75 Å². The molecule has 1 aromatic carbocycles. The highest BCUT2D eigenvalue weighted by Crippen LogP contribution is 2.19. The van der Waals surface area contributed by atoms with Crippen LogP contribution in [0.5, 0.6) is 5.75 Å². The summed E-state index contributed by atoms with van der Waals surface area (Å²) in [6, 6.07) is 11.3. The van der Waals surface area contributed by atoms with E-state index in [1.54, 1.807) is 6.07 Å². The molecule has 0 saturated carbocycles. The number of hydrogen-bond donors (Lipinski definition) is 1. The van der Waals surface area contributed by atoms with Crippen molar-refractivity contribution < 1.29 is 9.53 Å². The Morgan fingerprint density at radius 3 is 2.71 bits per heavy atom. The topological polar surface area (TPSA) is 54.5 Å². The molecule has 1 aliphatic rings. The zero-order chi connectivity index (χ0) is 16.8. The van der Waals surface area contributed by atoms with Gasteiger partial charge < -0.3 is 15.0 Å². The Labute approximate surface area is 142 Å². The third-order valence-electron chi connectivity index (χ3n) is 4.12. The molecule has 0 radical (unpaired) electrons. The van der Waals surface area contributed by atoms with Gasteiger partial charge in [-0.2, -0.15) is 0 Å². The van der Waals surface area contributed by atoms with Crippen molar-refractivity contribution in [2.75, 3.05) is 24.6 Å². The average Bonchev–Trinajstić information content (AvgIpc) is 3.15. The molecule has 0 atom stereocenters. The Morgan fingerprint density at radius 2 is 2.00 bits per heavy atom. The lowest BCUT2D eigenvalue weighted by Gasteiger charge is -2.16. The second-order valence-corrected chi connectivity index (χ2v) is 5.83. The summed E-state index contributed by atoms with van der Waals surface area (Å²) in [7, 11) is 0. The Morgan fingerprint density at radius 1 is 1.21 bits per heavy atom. The second kappa shape index (κ2) is 7.81. The van der Waals surface area contributed by atoms with Crippen LogP contribution in [0, 0.1) is 0 Å². The Balaban J connectivity index is 1.60. The van der Waals surface area contributed by atoms with Crippen LogP contribution in [0.25, 0.3) is 0 Å². The van der Waals surface area contributed by atoms with E-state index in [0.717, 1.165) is 24.5 Å². The molecule has 1 fully saturated rings. The highest BCUT2D eigenvalue weighted by atomic mass is 16.5. The van der Waals surface area contributed by atoms with Crippen LogP contribution in [0.2, 0.25) is 0 Å². The smallest absolute Gasteiger partial charge is 0.255 e. The molecule has 0 aliphatic carbocycles. The largest absolute Gasteiger partial charge is 0.493 e. The summed E-state index contributed by atoms with van der Waals surface area (Å²) in [6.45, 7) is 5.05. The average molecular weight is 325 g/mol. The van der Waals surface area contributed by atoms with E-state index < -0.39 is 0 Å². The van der Waals surface area contributed by atoms with Crippen LogP contribution in [0.3, 0.4) is 0 Å². The normalized spacial score (nSPS) is 13.8. The van der Waals surface area contributed by atoms with Crippen LogP contribution in [0.1, 0.15) is 35.7 Å². The van der Waals surface area contributed by atoms with Crippen LogP contribution in [-0.4, -0.2) is 30.6 Å². The molecule has 126 valence electrons. The third kappa shape index (κ3) is 3.85. The minimum Gasteiger partial charge on any atom is -0.493 e. The van der Waals surface area contributed by atoms with Crippen molar-refractivity contribution in [1.82, 2.24) is 10.3 Å². The van der Waals surface area contributed by atoms with Crippen molar-refractivity contribution in [2.45, 2.75) is 26.3 Å². The Kier molecular flexibility index (Phi) is 5.31. The fourth-order valence-corrected chi connectivity index (χ4v) is 2.87. The third-order valence-corrected chi connectivity index (χ3v) is 4.12. The van der Waals surface area contributed by atoms with Crippen LogP contribution in [0.4, 0.5) is 5.82 Å². The van der Waals surface area contributed by atoms with Gasteiger partial charge in [-0.1, -0.05) is 18.2 Å². The molecule has 24 heavy (non-hydrogen) atoms. The molecule has 1 aliphatic heterocycles. The van der Waals surface area contributed by atoms with Gasteiger partial charge in [0.1, 0.15) is 11.6 Å². The van der Waals surface area contributed by atoms with Crippen molar-refractivity contribution in [3.63, 3.8) is 0 Å². The number of aromatic nitrogens is 1. The molecule has 5 nitrogen and oxygen atoms in total. The first-order valence-electron chi connectivity index (χ1n) is 8.48. The lowest BCUT2D eigenvalue weighted by Crippen LogP contribution is -2.24. The van der Waals surface area contributed by atoms with Gasteiger partial charge in [0.2, 0.25) is 0 Å². The molecule has 1 saturated heterocycles. The Bertz CT molecular complexity index is 679. The number of para-hydroxylation sites is 1. The number of benzene rings is 1. The molecule has 0 spiro atoms. The fraction of sp³-hybridized carbons (Fsp3) is 0.368. The fourth-order valence-electron chi connectivity index (χ4n) is 2.87. The van der Waals surface area contributed by atoms with Gasteiger partial charge in [0, 0.05) is 25.8 Å². The van der Waals surface area contributed by atoms with Gasteiger partial charge in [0.25, 0.3) is 5.91 Å².